The van der Waals surface area contributed by atoms with Crippen molar-refractivity contribution in [2.75, 3.05) is 20.3 Å². The minimum Gasteiger partial charge on any atom is -0.493 e. The fraction of sp³-hybridized carbons (Fsp3) is 0.364. The Labute approximate surface area is 176 Å². The molecule has 7 heteroatoms. The molecule has 2 aromatic rings. The Bertz CT molecular complexity index is 839. The van der Waals surface area contributed by atoms with Gasteiger partial charge in [-0.3, -0.25) is 4.79 Å². The third kappa shape index (κ3) is 6.39. The lowest BCUT2D eigenvalue weighted by Gasteiger charge is -2.21. The molecule has 0 aliphatic carbocycles. The maximum absolute atomic E-state index is 12.5. The van der Waals surface area contributed by atoms with Crippen molar-refractivity contribution < 1.29 is 23.8 Å². The zero-order valence-corrected chi connectivity index (χ0v) is 17.9. The first-order valence-electron chi connectivity index (χ1n) is 9.38. The molecule has 0 saturated carbocycles. The van der Waals surface area contributed by atoms with Crippen molar-refractivity contribution in [1.82, 2.24) is 4.90 Å². The van der Waals surface area contributed by atoms with Crippen molar-refractivity contribution in [3.05, 3.63) is 58.6 Å². The number of hydrogen-bond acceptors (Lipinski definition) is 5. The van der Waals surface area contributed by atoms with Crippen LogP contribution in [0.25, 0.3) is 0 Å². The number of carbonyl (C=O) groups excluding carboxylic acids is 2. The van der Waals surface area contributed by atoms with Crippen molar-refractivity contribution in [1.29, 1.82) is 0 Å². The lowest BCUT2D eigenvalue weighted by molar-refractivity contribution is -0.134. The standard InChI is InChI=1S/C22H26ClNO5/c1-5-24(13-16-9-7-6-8-10-16)20(25)14-28-22(26)17-11-18(23)21(29-15(2)3)19(12-17)27-4/h6-12,15H,5,13-14H2,1-4H3. The number of methoxy groups -OCH3 is 1. The van der Waals surface area contributed by atoms with E-state index in [-0.39, 0.29) is 29.2 Å². The third-order valence-corrected chi connectivity index (χ3v) is 4.38. The third-order valence-electron chi connectivity index (χ3n) is 4.10. The summed E-state index contributed by atoms with van der Waals surface area (Å²) in [5.74, 6) is -0.256. The summed E-state index contributed by atoms with van der Waals surface area (Å²) in [7, 11) is 1.46. The van der Waals surface area contributed by atoms with Crippen molar-refractivity contribution in [3.63, 3.8) is 0 Å². The number of carbonyl (C=O) groups is 2. The van der Waals surface area contributed by atoms with E-state index in [0.717, 1.165) is 5.56 Å². The summed E-state index contributed by atoms with van der Waals surface area (Å²) in [5.41, 5.74) is 1.19. The van der Waals surface area contributed by atoms with Gasteiger partial charge in [0.2, 0.25) is 0 Å². The average molecular weight is 420 g/mol. The van der Waals surface area contributed by atoms with Gasteiger partial charge in [0.25, 0.3) is 5.91 Å². The predicted molar refractivity (Wildman–Crippen MR) is 112 cm³/mol. The van der Waals surface area contributed by atoms with Gasteiger partial charge in [-0.05, 0) is 38.5 Å². The van der Waals surface area contributed by atoms with E-state index in [1.807, 2.05) is 51.1 Å². The van der Waals surface area contributed by atoms with Gasteiger partial charge >= 0.3 is 5.97 Å². The number of nitrogens with zero attached hydrogens (tertiary/aromatic N) is 1. The normalized spacial score (nSPS) is 10.6. The molecule has 29 heavy (non-hydrogen) atoms. The minimum absolute atomic E-state index is 0.110. The lowest BCUT2D eigenvalue weighted by atomic mass is 10.2. The van der Waals surface area contributed by atoms with Crippen LogP contribution >= 0.6 is 11.6 Å². The molecule has 0 bridgehead atoms. The van der Waals surface area contributed by atoms with Crippen LogP contribution in [0.5, 0.6) is 11.5 Å². The fourth-order valence-electron chi connectivity index (χ4n) is 2.67. The molecule has 6 nitrogen and oxygen atoms in total. The number of rotatable bonds is 9. The van der Waals surface area contributed by atoms with Gasteiger partial charge in [0.1, 0.15) is 0 Å². The van der Waals surface area contributed by atoms with Crippen LogP contribution in [0.2, 0.25) is 5.02 Å². The van der Waals surface area contributed by atoms with E-state index >= 15 is 0 Å². The van der Waals surface area contributed by atoms with E-state index in [1.54, 1.807) is 4.90 Å². The van der Waals surface area contributed by atoms with Gasteiger partial charge in [0, 0.05) is 13.1 Å². The van der Waals surface area contributed by atoms with Crippen molar-refractivity contribution >= 4 is 23.5 Å². The highest BCUT2D eigenvalue weighted by Gasteiger charge is 2.20. The van der Waals surface area contributed by atoms with Crippen LogP contribution in [0.3, 0.4) is 0 Å². The van der Waals surface area contributed by atoms with Crippen molar-refractivity contribution in [2.45, 2.75) is 33.4 Å². The summed E-state index contributed by atoms with van der Waals surface area (Å²) in [6.45, 7) is 6.20. The highest BCUT2D eigenvalue weighted by molar-refractivity contribution is 6.32. The van der Waals surface area contributed by atoms with Crippen LogP contribution in [-0.2, 0) is 16.1 Å². The number of amides is 1. The highest BCUT2D eigenvalue weighted by Crippen LogP contribution is 2.37. The van der Waals surface area contributed by atoms with Gasteiger partial charge in [0.05, 0.1) is 23.8 Å². The number of esters is 1. The van der Waals surface area contributed by atoms with Crippen molar-refractivity contribution in [2.24, 2.45) is 0 Å². The largest absolute Gasteiger partial charge is 0.493 e. The molecule has 156 valence electrons. The molecule has 0 fully saturated rings. The molecule has 0 N–H and O–H groups in total. The SMILES string of the molecule is CCN(Cc1ccccc1)C(=O)COC(=O)c1cc(Cl)c(OC(C)C)c(OC)c1. The Morgan fingerprint density at radius 2 is 1.83 bits per heavy atom. The van der Waals surface area contributed by atoms with Gasteiger partial charge in [-0.25, -0.2) is 4.79 Å². The molecule has 2 rings (SSSR count). The van der Waals surface area contributed by atoms with Crippen LogP contribution < -0.4 is 9.47 Å². The van der Waals surface area contributed by atoms with Crippen LogP contribution in [-0.4, -0.2) is 43.1 Å². The zero-order chi connectivity index (χ0) is 21.4. The minimum atomic E-state index is -0.662. The molecule has 1 amide bonds. The summed E-state index contributed by atoms with van der Waals surface area (Å²) < 4.78 is 16.1. The first-order valence-corrected chi connectivity index (χ1v) is 9.76. The second kappa shape index (κ2) is 10.7. The second-order valence-corrected chi connectivity index (χ2v) is 7.03. The quantitative estimate of drug-likeness (QED) is 0.565. The smallest absolute Gasteiger partial charge is 0.338 e. The first kappa shape index (κ1) is 22.6. The lowest BCUT2D eigenvalue weighted by Crippen LogP contribution is -2.34. The van der Waals surface area contributed by atoms with Crippen LogP contribution in [0.4, 0.5) is 0 Å². The number of benzene rings is 2. The van der Waals surface area contributed by atoms with E-state index in [0.29, 0.717) is 24.6 Å². The van der Waals surface area contributed by atoms with Crippen LogP contribution in [0, 0.1) is 0 Å². The maximum atomic E-state index is 12.5. The van der Waals surface area contributed by atoms with Crippen LogP contribution in [0.15, 0.2) is 42.5 Å². The van der Waals surface area contributed by atoms with Gasteiger partial charge in [-0.1, -0.05) is 41.9 Å². The van der Waals surface area contributed by atoms with E-state index in [9.17, 15) is 9.59 Å². The Balaban J connectivity index is 2.04. The second-order valence-electron chi connectivity index (χ2n) is 6.63. The number of halogens is 1. The maximum Gasteiger partial charge on any atom is 0.338 e. The average Bonchev–Trinajstić information content (AvgIpc) is 2.71. The van der Waals surface area contributed by atoms with Gasteiger partial charge in [0.15, 0.2) is 18.1 Å². The molecule has 0 saturated heterocycles. The Hall–Kier alpha value is -2.73. The van der Waals surface area contributed by atoms with Gasteiger partial charge < -0.3 is 19.1 Å². The van der Waals surface area contributed by atoms with E-state index in [2.05, 4.69) is 0 Å². The molecule has 2 aromatic carbocycles. The molecule has 0 aliphatic rings. The highest BCUT2D eigenvalue weighted by atomic mass is 35.5. The number of hydrogen-bond donors (Lipinski definition) is 0. The Morgan fingerprint density at radius 3 is 2.41 bits per heavy atom. The Kier molecular flexibility index (Phi) is 8.34. The van der Waals surface area contributed by atoms with E-state index in [1.165, 1.54) is 19.2 Å². The molecular weight excluding hydrogens is 394 g/mol. The number of ether oxygens (including phenoxy) is 3. The molecule has 0 radical (unpaired) electrons. The van der Waals surface area contributed by atoms with Crippen molar-refractivity contribution in [3.8, 4) is 11.5 Å². The molecular formula is C22H26ClNO5. The van der Waals surface area contributed by atoms with E-state index < -0.39 is 5.97 Å². The number of likely N-dealkylation sites (N-methyl/N-ethyl adjacent to an activating group) is 1. The van der Waals surface area contributed by atoms with Gasteiger partial charge in [-0.2, -0.15) is 0 Å². The van der Waals surface area contributed by atoms with Crippen LogP contribution in [0.1, 0.15) is 36.7 Å². The fourth-order valence-corrected chi connectivity index (χ4v) is 2.93. The summed E-state index contributed by atoms with van der Waals surface area (Å²) in [5, 5.41) is 0.232. The van der Waals surface area contributed by atoms with E-state index in [4.69, 9.17) is 25.8 Å². The first-order chi connectivity index (χ1) is 13.8. The Morgan fingerprint density at radius 1 is 1.14 bits per heavy atom. The molecule has 0 aromatic heterocycles. The summed E-state index contributed by atoms with van der Waals surface area (Å²) in [6, 6.07) is 12.6. The molecule has 0 heterocycles. The molecule has 0 spiro atoms. The predicted octanol–water partition coefficient (Wildman–Crippen LogP) is 4.34. The monoisotopic (exact) mass is 419 g/mol. The van der Waals surface area contributed by atoms with Gasteiger partial charge in [-0.15, -0.1) is 0 Å². The molecule has 0 atom stereocenters. The zero-order valence-electron chi connectivity index (χ0n) is 17.1. The topological polar surface area (TPSA) is 65.1 Å². The summed E-state index contributed by atoms with van der Waals surface area (Å²) in [4.78, 5) is 26.5. The molecule has 0 aliphatic heterocycles. The molecule has 0 unspecified atom stereocenters. The summed E-state index contributed by atoms with van der Waals surface area (Å²) in [6.07, 6.45) is -0.110. The summed E-state index contributed by atoms with van der Waals surface area (Å²) >= 11 is 6.24.